The monoisotopic (exact) mass is 362 g/mol. The van der Waals surface area contributed by atoms with Crippen molar-refractivity contribution in [2.75, 3.05) is 6.61 Å². The molecule has 1 atom stereocenters. The first-order valence-electron chi connectivity index (χ1n) is 9.34. The SMILES string of the molecule is CCCCCOc1ccc(/C=C(\C#N)C(=O)N[C@H](C)c2ccccc2)cc1. The molecule has 0 aliphatic carbocycles. The summed E-state index contributed by atoms with van der Waals surface area (Å²) in [6.07, 6.45) is 4.95. The number of nitriles is 1. The molecule has 4 nitrogen and oxygen atoms in total. The third kappa shape index (κ3) is 6.63. The minimum absolute atomic E-state index is 0.0781. The molecule has 0 bridgehead atoms. The van der Waals surface area contributed by atoms with Crippen molar-refractivity contribution in [3.8, 4) is 11.8 Å². The van der Waals surface area contributed by atoms with Crippen molar-refractivity contribution in [3.63, 3.8) is 0 Å². The lowest BCUT2D eigenvalue weighted by atomic mass is 10.1. The van der Waals surface area contributed by atoms with Crippen LogP contribution >= 0.6 is 0 Å². The number of rotatable bonds is 9. The molecule has 27 heavy (non-hydrogen) atoms. The number of unbranched alkanes of at least 4 members (excludes halogenated alkanes) is 2. The molecule has 0 unspecified atom stereocenters. The lowest BCUT2D eigenvalue weighted by molar-refractivity contribution is -0.117. The maximum atomic E-state index is 12.4. The number of ether oxygens (including phenoxy) is 1. The van der Waals surface area contributed by atoms with Crippen molar-refractivity contribution >= 4 is 12.0 Å². The molecular formula is C23H26N2O2. The Morgan fingerprint density at radius 1 is 1.15 bits per heavy atom. The van der Waals surface area contributed by atoms with E-state index in [1.807, 2.05) is 67.6 Å². The van der Waals surface area contributed by atoms with Crippen LogP contribution in [-0.2, 0) is 4.79 Å². The van der Waals surface area contributed by atoms with Crippen LogP contribution in [0, 0.1) is 11.3 Å². The molecule has 140 valence electrons. The van der Waals surface area contributed by atoms with Gasteiger partial charge in [-0.25, -0.2) is 0 Å². The molecule has 0 aromatic heterocycles. The molecule has 2 aromatic carbocycles. The molecule has 0 heterocycles. The number of hydrogen-bond acceptors (Lipinski definition) is 3. The number of benzene rings is 2. The highest BCUT2D eigenvalue weighted by molar-refractivity contribution is 6.01. The molecule has 0 fully saturated rings. The Morgan fingerprint density at radius 2 is 1.85 bits per heavy atom. The molecule has 0 aliphatic rings. The van der Waals surface area contributed by atoms with Gasteiger partial charge in [-0.2, -0.15) is 5.26 Å². The first kappa shape index (κ1) is 20.3. The second-order valence-electron chi connectivity index (χ2n) is 6.40. The van der Waals surface area contributed by atoms with Gasteiger partial charge in [-0.1, -0.05) is 62.2 Å². The van der Waals surface area contributed by atoms with Crippen LogP contribution in [0.2, 0.25) is 0 Å². The Kier molecular flexibility index (Phi) is 8.12. The minimum Gasteiger partial charge on any atom is -0.494 e. The summed E-state index contributed by atoms with van der Waals surface area (Å²) < 4.78 is 5.68. The summed E-state index contributed by atoms with van der Waals surface area (Å²) >= 11 is 0. The van der Waals surface area contributed by atoms with Crippen LogP contribution < -0.4 is 10.1 Å². The second kappa shape index (κ2) is 10.8. The maximum absolute atomic E-state index is 12.4. The summed E-state index contributed by atoms with van der Waals surface area (Å²) in [7, 11) is 0. The van der Waals surface area contributed by atoms with Gasteiger partial charge in [-0.3, -0.25) is 4.79 Å². The third-order valence-electron chi connectivity index (χ3n) is 4.22. The van der Waals surface area contributed by atoms with Crippen LogP contribution in [-0.4, -0.2) is 12.5 Å². The molecule has 1 amide bonds. The van der Waals surface area contributed by atoms with Crippen LogP contribution in [0.25, 0.3) is 6.08 Å². The van der Waals surface area contributed by atoms with E-state index in [0.29, 0.717) is 6.61 Å². The minimum atomic E-state index is -0.381. The van der Waals surface area contributed by atoms with Gasteiger partial charge in [0.15, 0.2) is 0 Å². The highest BCUT2D eigenvalue weighted by atomic mass is 16.5. The number of nitrogens with zero attached hydrogens (tertiary/aromatic N) is 1. The number of carbonyl (C=O) groups excluding carboxylic acids is 1. The maximum Gasteiger partial charge on any atom is 0.262 e. The summed E-state index contributed by atoms with van der Waals surface area (Å²) in [6.45, 7) is 4.75. The second-order valence-corrected chi connectivity index (χ2v) is 6.40. The van der Waals surface area contributed by atoms with E-state index in [-0.39, 0.29) is 17.5 Å². The summed E-state index contributed by atoms with van der Waals surface area (Å²) in [5.74, 6) is 0.414. The molecule has 0 spiro atoms. The van der Waals surface area contributed by atoms with E-state index < -0.39 is 0 Å². The van der Waals surface area contributed by atoms with Crippen molar-refractivity contribution in [3.05, 3.63) is 71.3 Å². The van der Waals surface area contributed by atoms with E-state index in [1.54, 1.807) is 6.08 Å². The number of carbonyl (C=O) groups is 1. The van der Waals surface area contributed by atoms with Gasteiger partial charge in [0.2, 0.25) is 0 Å². The molecule has 1 N–H and O–H groups in total. The Bertz CT molecular complexity index is 789. The van der Waals surface area contributed by atoms with E-state index in [9.17, 15) is 10.1 Å². The number of nitrogens with one attached hydrogen (secondary N) is 1. The average Bonchev–Trinajstić information content (AvgIpc) is 2.71. The van der Waals surface area contributed by atoms with Crippen LogP contribution in [0.3, 0.4) is 0 Å². The average molecular weight is 362 g/mol. The van der Waals surface area contributed by atoms with Crippen molar-refractivity contribution in [2.45, 2.75) is 39.2 Å². The zero-order valence-electron chi connectivity index (χ0n) is 15.9. The van der Waals surface area contributed by atoms with E-state index in [1.165, 1.54) is 0 Å². The molecule has 0 radical (unpaired) electrons. The molecular weight excluding hydrogens is 336 g/mol. The number of amides is 1. The fraction of sp³-hybridized carbons (Fsp3) is 0.304. The Hall–Kier alpha value is -3.06. The number of hydrogen-bond donors (Lipinski definition) is 1. The van der Waals surface area contributed by atoms with Crippen molar-refractivity contribution in [1.29, 1.82) is 5.26 Å². The van der Waals surface area contributed by atoms with E-state index in [2.05, 4.69) is 12.2 Å². The standard InChI is InChI=1S/C23H26N2O2/c1-3-4-8-15-27-22-13-11-19(12-14-22)16-21(17-24)23(26)25-18(2)20-9-6-5-7-10-20/h5-7,9-14,16,18H,3-4,8,15H2,1-2H3,(H,25,26)/b21-16+/t18-/m1/s1. The normalized spacial score (nSPS) is 12.1. The molecule has 0 aliphatic heterocycles. The van der Waals surface area contributed by atoms with Gasteiger partial charge in [0.25, 0.3) is 5.91 Å². The smallest absolute Gasteiger partial charge is 0.262 e. The molecule has 4 heteroatoms. The molecule has 2 rings (SSSR count). The summed E-state index contributed by atoms with van der Waals surface area (Å²) in [5, 5.41) is 12.2. The summed E-state index contributed by atoms with van der Waals surface area (Å²) in [5.41, 5.74) is 1.86. The van der Waals surface area contributed by atoms with Gasteiger partial charge >= 0.3 is 0 Å². The van der Waals surface area contributed by atoms with E-state index >= 15 is 0 Å². The lowest BCUT2D eigenvalue weighted by Crippen LogP contribution is -2.27. The first-order chi connectivity index (χ1) is 13.1. The zero-order valence-corrected chi connectivity index (χ0v) is 15.9. The molecule has 0 saturated heterocycles. The quantitative estimate of drug-likeness (QED) is 0.386. The Morgan fingerprint density at radius 3 is 2.48 bits per heavy atom. The topological polar surface area (TPSA) is 62.1 Å². The van der Waals surface area contributed by atoms with Gasteiger partial charge in [0.1, 0.15) is 17.4 Å². The largest absolute Gasteiger partial charge is 0.494 e. The molecule has 0 saturated carbocycles. The van der Waals surface area contributed by atoms with Crippen LogP contribution in [0.5, 0.6) is 5.75 Å². The fourth-order valence-corrected chi connectivity index (χ4v) is 2.62. The summed E-state index contributed by atoms with van der Waals surface area (Å²) in [6, 6.07) is 18.9. The van der Waals surface area contributed by atoms with E-state index in [4.69, 9.17) is 4.74 Å². The fourth-order valence-electron chi connectivity index (χ4n) is 2.62. The highest BCUT2D eigenvalue weighted by Crippen LogP contribution is 2.16. The summed E-state index contributed by atoms with van der Waals surface area (Å²) in [4.78, 5) is 12.4. The van der Waals surface area contributed by atoms with Crippen LogP contribution in [0.4, 0.5) is 0 Å². The van der Waals surface area contributed by atoms with Crippen LogP contribution in [0.15, 0.2) is 60.2 Å². The molecule has 2 aromatic rings. The van der Waals surface area contributed by atoms with Crippen molar-refractivity contribution in [1.82, 2.24) is 5.32 Å². The van der Waals surface area contributed by atoms with Gasteiger partial charge in [-0.15, -0.1) is 0 Å². The Balaban J connectivity index is 1.98. The first-order valence-corrected chi connectivity index (χ1v) is 9.34. The predicted molar refractivity (Wildman–Crippen MR) is 108 cm³/mol. The van der Waals surface area contributed by atoms with Gasteiger partial charge in [0.05, 0.1) is 12.6 Å². The zero-order chi connectivity index (χ0) is 19.5. The van der Waals surface area contributed by atoms with Crippen LogP contribution in [0.1, 0.15) is 50.3 Å². The van der Waals surface area contributed by atoms with Gasteiger partial charge < -0.3 is 10.1 Å². The highest BCUT2D eigenvalue weighted by Gasteiger charge is 2.13. The van der Waals surface area contributed by atoms with Gasteiger partial charge in [-0.05, 0) is 42.7 Å². The third-order valence-corrected chi connectivity index (χ3v) is 4.22. The van der Waals surface area contributed by atoms with Crippen molar-refractivity contribution in [2.24, 2.45) is 0 Å². The van der Waals surface area contributed by atoms with Crippen molar-refractivity contribution < 1.29 is 9.53 Å². The predicted octanol–water partition coefficient (Wildman–Crippen LogP) is 5.04. The lowest BCUT2D eigenvalue weighted by Gasteiger charge is -2.13. The van der Waals surface area contributed by atoms with E-state index in [0.717, 1.165) is 36.1 Å². The Labute approximate surface area is 161 Å². The van der Waals surface area contributed by atoms with Gasteiger partial charge in [0, 0.05) is 0 Å².